The van der Waals surface area contributed by atoms with Gasteiger partial charge < -0.3 is 10.6 Å². The van der Waals surface area contributed by atoms with Gasteiger partial charge in [0.05, 0.1) is 12.5 Å². The minimum atomic E-state index is 0.200. The van der Waals surface area contributed by atoms with Gasteiger partial charge in [0, 0.05) is 17.1 Å². The predicted molar refractivity (Wildman–Crippen MR) is 82.6 cm³/mol. The summed E-state index contributed by atoms with van der Waals surface area (Å²) in [7, 11) is 0. The van der Waals surface area contributed by atoms with Gasteiger partial charge in [0.15, 0.2) is 0 Å². The molecule has 1 atom stereocenters. The molecule has 1 aromatic heterocycles. The van der Waals surface area contributed by atoms with Gasteiger partial charge in [-0.3, -0.25) is 4.79 Å². The molecule has 104 valence electrons. The molecule has 0 spiro atoms. The van der Waals surface area contributed by atoms with Gasteiger partial charge in [0.25, 0.3) is 0 Å². The second-order valence-corrected chi connectivity index (χ2v) is 6.16. The first-order valence-corrected chi connectivity index (χ1v) is 7.79. The van der Waals surface area contributed by atoms with Gasteiger partial charge in [-0.1, -0.05) is 18.2 Å². The highest BCUT2D eigenvalue weighted by Gasteiger charge is 2.30. The minimum Gasteiger partial charge on any atom is -0.399 e. The molecule has 0 bridgehead atoms. The fraction of sp³-hybridized carbons (Fsp3) is 0.312. The maximum atomic E-state index is 12.5. The number of hydrogen-bond acceptors (Lipinski definition) is 3. The molecule has 1 amide bonds. The van der Waals surface area contributed by atoms with Crippen molar-refractivity contribution in [2.45, 2.75) is 25.3 Å². The highest BCUT2D eigenvalue weighted by atomic mass is 32.1. The molecule has 1 aromatic carbocycles. The zero-order chi connectivity index (χ0) is 13.9. The van der Waals surface area contributed by atoms with Crippen LogP contribution in [0.5, 0.6) is 0 Å². The standard InChI is InChI=1S/C16H18N2OS/c17-13-5-1-4-12(10-13)11-16(19)18-8-2-6-14(18)15-7-3-9-20-15/h1,3-5,7,9-10,14H,2,6,8,11,17H2. The van der Waals surface area contributed by atoms with E-state index in [9.17, 15) is 4.79 Å². The van der Waals surface area contributed by atoms with Crippen molar-refractivity contribution in [1.29, 1.82) is 0 Å². The van der Waals surface area contributed by atoms with E-state index in [1.165, 1.54) is 4.88 Å². The van der Waals surface area contributed by atoms with E-state index in [2.05, 4.69) is 17.5 Å². The van der Waals surface area contributed by atoms with Crippen LogP contribution in [0.4, 0.5) is 5.69 Å². The predicted octanol–water partition coefficient (Wildman–Crippen LogP) is 3.24. The van der Waals surface area contributed by atoms with Crippen LogP contribution in [0.25, 0.3) is 0 Å². The van der Waals surface area contributed by atoms with Crippen molar-refractivity contribution < 1.29 is 4.79 Å². The summed E-state index contributed by atoms with van der Waals surface area (Å²) >= 11 is 1.74. The van der Waals surface area contributed by atoms with Crippen LogP contribution in [-0.4, -0.2) is 17.4 Å². The Bertz CT molecular complexity index is 594. The molecular weight excluding hydrogens is 268 g/mol. The van der Waals surface area contributed by atoms with E-state index in [4.69, 9.17) is 5.73 Å². The number of nitrogens with two attached hydrogens (primary N) is 1. The SMILES string of the molecule is Nc1cccc(CC(=O)N2CCCC2c2cccs2)c1. The number of hydrogen-bond donors (Lipinski definition) is 1. The zero-order valence-corrected chi connectivity index (χ0v) is 12.1. The molecule has 1 saturated heterocycles. The molecule has 1 aliphatic heterocycles. The third kappa shape index (κ3) is 2.70. The number of rotatable bonds is 3. The third-order valence-electron chi connectivity index (χ3n) is 3.75. The van der Waals surface area contributed by atoms with Gasteiger partial charge in [-0.25, -0.2) is 0 Å². The Morgan fingerprint density at radius 1 is 1.35 bits per heavy atom. The van der Waals surface area contributed by atoms with Crippen LogP contribution in [-0.2, 0) is 11.2 Å². The number of carbonyl (C=O) groups excluding carboxylic acids is 1. The van der Waals surface area contributed by atoms with Crippen LogP contribution in [0.1, 0.15) is 29.3 Å². The second-order valence-electron chi connectivity index (χ2n) is 5.18. The van der Waals surface area contributed by atoms with E-state index in [0.717, 1.165) is 24.9 Å². The largest absolute Gasteiger partial charge is 0.399 e. The Hall–Kier alpha value is -1.81. The summed E-state index contributed by atoms with van der Waals surface area (Å²) in [5.41, 5.74) is 7.48. The fourth-order valence-electron chi connectivity index (χ4n) is 2.82. The maximum Gasteiger partial charge on any atom is 0.227 e. The van der Waals surface area contributed by atoms with Gasteiger partial charge in [0.2, 0.25) is 5.91 Å². The second kappa shape index (κ2) is 5.67. The number of benzene rings is 1. The Morgan fingerprint density at radius 2 is 2.25 bits per heavy atom. The minimum absolute atomic E-state index is 0.200. The zero-order valence-electron chi connectivity index (χ0n) is 11.3. The van der Waals surface area contributed by atoms with Crippen LogP contribution < -0.4 is 5.73 Å². The normalized spacial score (nSPS) is 18.4. The smallest absolute Gasteiger partial charge is 0.227 e. The number of anilines is 1. The summed E-state index contributed by atoms with van der Waals surface area (Å²) < 4.78 is 0. The summed E-state index contributed by atoms with van der Waals surface area (Å²) in [5, 5.41) is 2.08. The molecule has 0 saturated carbocycles. The first-order chi connectivity index (χ1) is 9.74. The lowest BCUT2D eigenvalue weighted by Gasteiger charge is -2.24. The molecule has 1 aliphatic rings. The van der Waals surface area contributed by atoms with Gasteiger partial charge >= 0.3 is 0 Å². The highest BCUT2D eigenvalue weighted by molar-refractivity contribution is 7.10. The van der Waals surface area contributed by atoms with E-state index in [-0.39, 0.29) is 11.9 Å². The van der Waals surface area contributed by atoms with Crippen molar-refractivity contribution in [2.75, 3.05) is 12.3 Å². The Balaban J connectivity index is 1.73. The van der Waals surface area contributed by atoms with Crippen LogP contribution in [0.2, 0.25) is 0 Å². The molecule has 3 nitrogen and oxygen atoms in total. The van der Waals surface area contributed by atoms with E-state index in [0.29, 0.717) is 12.1 Å². The lowest BCUT2D eigenvalue weighted by molar-refractivity contribution is -0.131. The summed E-state index contributed by atoms with van der Waals surface area (Å²) in [6.45, 7) is 0.865. The average Bonchev–Trinajstić information content (AvgIpc) is 3.09. The molecule has 20 heavy (non-hydrogen) atoms. The number of thiophene rings is 1. The Labute approximate surface area is 123 Å². The van der Waals surface area contributed by atoms with Crippen molar-refractivity contribution in [3.8, 4) is 0 Å². The third-order valence-corrected chi connectivity index (χ3v) is 4.72. The van der Waals surface area contributed by atoms with Crippen LogP contribution in [0.15, 0.2) is 41.8 Å². The molecule has 2 aromatic rings. The van der Waals surface area contributed by atoms with Crippen molar-refractivity contribution >= 4 is 22.9 Å². The molecule has 0 radical (unpaired) electrons. The van der Waals surface area contributed by atoms with Crippen LogP contribution in [0, 0.1) is 0 Å². The first kappa shape index (κ1) is 13.2. The molecule has 2 N–H and O–H groups in total. The molecule has 1 fully saturated rings. The number of nitrogen functional groups attached to an aromatic ring is 1. The number of nitrogens with zero attached hydrogens (tertiary/aromatic N) is 1. The number of amides is 1. The van der Waals surface area contributed by atoms with Crippen LogP contribution in [0.3, 0.4) is 0 Å². The van der Waals surface area contributed by atoms with Crippen molar-refractivity contribution in [3.63, 3.8) is 0 Å². The molecule has 0 aliphatic carbocycles. The molecule has 4 heteroatoms. The van der Waals surface area contributed by atoms with Gasteiger partial charge in [-0.05, 0) is 42.0 Å². The summed E-state index contributed by atoms with van der Waals surface area (Å²) in [6, 6.07) is 12.0. The molecular formula is C16H18N2OS. The lowest BCUT2D eigenvalue weighted by Crippen LogP contribution is -2.31. The number of carbonyl (C=O) groups is 1. The van der Waals surface area contributed by atoms with Crippen molar-refractivity contribution in [1.82, 2.24) is 4.90 Å². The summed E-state index contributed by atoms with van der Waals surface area (Å²) in [4.78, 5) is 15.8. The first-order valence-electron chi connectivity index (χ1n) is 6.91. The fourth-order valence-corrected chi connectivity index (χ4v) is 3.69. The van der Waals surface area contributed by atoms with Crippen molar-refractivity contribution in [2.24, 2.45) is 0 Å². The average molecular weight is 286 g/mol. The molecule has 2 heterocycles. The summed E-state index contributed by atoms with van der Waals surface area (Å²) in [5.74, 6) is 0.200. The number of likely N-dealkylation sites (tertiary alicyclic amines) is 1. The van der Waals surface area contributed by atoms with E-state index in [1.807, 2.05) is 29.2 Å². The monoisotopic (exact) mass is 286 g/mol. The quantitative estimate of drug-likeness (QED) is 0.880. The van der Waals surface area contributed by atoms with Gasteiger partial charge in [-0.2, -0.15) is 0 Å². The summed E-state index contributed by atoms with van der Waals surface area (Å²) in [6.07, 6.45) is 2.60. The van der Waals surface area contributed by atoms with Gasteiger partial charge in [-0.15, -0.1) is 11.3 Å². The van der Waals surface area contributed by atoms with E-state index >= 15 is 0 Å². The lowest BCUT2D eigenvalue weighted by atomic mass is 10.1. The Kier molecular flexibility index (Phi) is 3.74. The molecule has 3 rings (SSSR count). The highest BCUT2D eigenvalue weighted by Crippen LogP contribution is 2.34. The maximum absolute atomic E-state index is 12.5. The van der Waals surface area contributed by atoms with Crippen LogP contribution >= 0.6 is 11.3 Å². The van der Waals surface area contributed by atoms with E-state index < -0.39 is 0 Å². The Morgan fingerprint density at radius 3 is 3.00 bits per heavy atom. The topological polar surface area (TPSA) is 46.3 Å². The van der Waals surface area contributed by atoms with E-state index in [1.54, 1.807) is 11.3 Å². The van der Waals surface area contributed by atoms with Crippen molar-refractivity contribution in [3.05, 3.63) is 52.2 Å². The van der Waals surface area contributed by atoms with Gasteiger partial charge in [0.1, 0.15) is 0 Å². The molecule has 1 unspecified atom stereocenters.